The van der Waals surface area contributed by atoms with Gasteiger partial charge in [0, 0.05) is 18.3 Å². The normalized spacial score (nSPS) is 11.6. The highest BCUT2D eigenvalue weighted by Gasteiger charge is 2.30. The van der Waals surface area contributed by atoms with Crippen LogP contribution in [0.2, 0.25) is 0 Å². The number of nitrogens with zero attached hydrogens (tertiary/aromatic N) is 3. The summed E-state index contributed by atoms with van der Waals surface area (Å²) >= 11 is 1.40. The van der Waals surface area contributed by atoms with E-state index < -0.39 is 11.7 Å². The Kier molecular flexibility index (Phi) is 6.81. The first-order valence-electron chi connectivity index (χ1n) is 9.31. The van der Waals surface area contributed by atoms with Crippen molar-refractivity contribution in [2.45, 2.75) is 32.4 Å². The first-order valence-corrected chi connectivity index (χ1v) is 10.1. The highest BCUT2D eigenvalue weighted by molar-refractivity contribution is 7.18. The van der Waals surface area contributed by atoms with Crippen molar-refractivity contribution >= 4 is 17.3 Å². The lowest BCUT2D eigenvalue weighted by Crippen LogP contribution is -2.06. The highest BCUT2D eigenvalue weighted by atomic mass is 32.1. The van der Waals surface area contributed by atoms with E-state index in [1.807, 2.05) is 6.92 Å². The number of nitrogens with two attached hydrogens (primary N) is 1. The topological polar surface area (TPSA) is 76.7 Å². The number of nitrogens with one attached hydrogen (secondary N) is 1. The van der Waals surface area contributed by atoms with Gasteiger partial charge >= 0.3 is 6.18 Å². The summed E-state index contributed by atoms with van der Waals surface area (Å²) in [6.45, 7) is 3.32. The van der Waals surface area contributed by atoms with Crippen molar-refractivity contribution in [3.05, 3.63) is 47.8 Å². The zero-order chi connectivity index (χ0) is 20.9. The monoisotopic (exact) mass is 421 g/mol. The lowest BCUT2D eigenvalue weighted by molar-refractivity contribution is -0.137. The summed E-state index contributed by atoms with van der Waals surface area (Å²) in [7, 11) is 0. The Morgan fingerprint density at radius 2 is 1.79 bits per heavy atom. The van der Waals surface area contributed by atoms with Gasteiger partial charge in [-0.1, -0.05) is 18.6 Å². The predicted molar refractivity (Wildman–Crippen MR) is 110 cm³/mol. The second-order valence-electron chi connectivity index (χ2n) is 6.55. The zero-order valence-corrected chi connectivity index (χ0v) is 16.8. The maximum atomic E-state index is 12.8. The van der Waals surface area contributed by atoms with E-state index >= 15 is 0 Å². The van der Waals surface area contributed by atoms with Gasteiger partial charge in [-0.2, -0.15) is 13.2 Å². The van der Waals surface area contributed by atoms with Crippen LogP contribution in [0.25, 0.3) is 21.1 Å². The van der Waals surface area contributed by atoms with Gasteiger partial charge in [0.2, 0.25) is 5.95 Å². The number of thiazole rings is 1. The van der Waals surface area contributed by atoms with Crippen molar-refractivity contribution in [3.63, 3.8) is 0 Å². The van der Waals surface area contributed by atoms with Crippen LogP contribution in [0.5, 0.6) is 0 Å². The molecule has 3 rings (SSSR count). The van der Waals surface area contributed by atoms with Crippen molar-refractivity contribution in [1.82, 2.24) is 15.0 Å². The Labute approximate surface area is 171 Å². The number of aromatic nitrogens is 3. The molecule has 3 N–H and O–H groups in total. The molecule has 0 aliphatic carbocycles. The molecule has 2 heterocycles. The van der Waals surface area contributed by atoms with Gasteiger partial charge in [-0.15, -0.1) is 11.3 Å². The number of halogens is 3. The van der Waals surface area contributed by atoms with Gasteiger partial charge in [-0.25, -0.2) is 15.0 Å². The van der Waals surface area contributed by atoms with Gasteiger partial charge < -0.3 is 11.1 Å². The Bertz CT molecular complexity index is 938. The number of benzene rings is 1. The van der Waals surface area contributed by atoms with Crippen LogP contribution in [0.4, 0.5) is 19.1 Å². The Hall–Kier alpha value is -2.52. The molecular formula is C20H22F3N5S. The average molecular weight is 421 g/mol. The summed E-state index contributed by atoms with van der Waals surface area (Å²) < 4.78 is 38.3. The van der Waals surface area contributed by atoms with Crippen LogP contribution in [0, 0.1) is 6.92 Å². The van der Waals surface area contributed by atoms with Gasteiger partial charge in [0.05, 0.1) is 21.8 Å². The van der Waals surface area contributed by atoms with Crippen molar-refractivity contribution in [2.24, 2.45) is 5.73 Å². The summed E-state index contributed by atoms with van der Waals surface area (Å²) in [5, 5.41) is 3.86. The molecule has 1 aromatic carbocycles. The summed E-state index contributed by atoms with van der Waals surface area (Å²) in [5.41, 5.74) is 6.97. The molecule has 0 amide bonds. The molecule has 0 bridgehead atoms. The molecular weight excluding hydrogens is 399 g/mol. The van der Waals surface area contributed by atoms with E-state index in [2.05, 4.69) is 20.3 Å². The van der Waals surface area contributed by atoms with E-state index in [0.29, 0.717) is 23.1 Å². The standard InChI is InChI=1S/C20H22F3N5S/c1-13-17(16-9-12-26-19(28-16)25-11-4-2-3-10-24)29-18(27-13)14-5-7-15(8-6-14)20(21,22)23/h5-9,12H,2-4,10-11,24H2,1H3,(H,25,26,28). The minimum Gasteiger partial charge on any atom is -0.354 e. The second kappa shape index (κ2) is 9.32. The van der Waals surface area contributed by atoms with E-state index in [1.165, 1.54) is 23.5 Å². The molecule has 0 fully saturated rings. The van der Waals surface area contributed by atoms with Gasteiger partial charge in [-0.05, 0) is 44.5 Å². The second-order valence-corrected chi connectivity index (χ2v) is 7.55. The summed E-state index contributed by atoms with van der Waals surface area (Å²) in [4.78, 5) is 14.2. The minimum atomic E-state index is -4.35. The average Bonchev–Trinajstić information content (AvgIpc) is 3.09. The Morgan fingerprint density at radius 1 is 1.03 bits per heavy atom. The molecule has 154 valence electrons. The third-order valence-corrected chi connectivity index (χ3v) is 5.54. The maximum absolute atomic E-state index is 12.8. The fourth-order valence-electron chi connectivity index (χ4n) is 2.78. The highest BCUT2D eigenvalue weighted by Crippen LogP contribution is 2.36. The molecule has 0 spiro atoms. The Morgan fingerprint density at radius 3 is 2.48 bits per heavy atom. The van der Waals surface area contributed by atoms with Crippen molar-refractivity contribution in [1.29, 1.82) is 0 Å². The summed E-state index contributed by atoms with van der Waals surface area (Å²) in [6.07, 6.45) is 0.365. The summed E-state index contributed by atoms with van der Waals surface area (Å²) in [5.74, 6) is 0.541. The van der Waals surface area contributed by atoms with Crippen molar-refractivity contribution < 1.29 is 13.2 Å². The van der Waals surface area contributed by atoms with Crippen molar-refractivity contribution in [2.75, 3.05) is 18.4 Å². The zero-order valence-electron chi connectivity index (χ0n) is 16.0. The number of hydrogen-bond acceptors (Lipinski definition) is 6. The molecule has 0 unspecified atom stereocenters. The van der Waals surface area contributed by atoms with E-state index in [0.717, 1.165) is 54.2 Å². The van der Waals surface area contributed by atoms with Crippen LogP contribution in [0.1, 0.15) is 30.5 Å². The number of unbranched alkanes of at least 4 members (excludes halogenated alkanes) is 2. The lowest BCUT2D eigenvalue weighted by Gasteiger charge is -2.06. The van der Waals surface area contributed by atoms with E-state index in [-0.39, 0.29) is 0 Å². The predicted octanol–water partition coefficient (Wildman–Crippen LogP) is 5.14. The molecule has 5 nitrogen and oxygen atoms in total. The third kappa shape index (κ3) is 5.51. The van der Waals surface area contributed by atoms with Crippen LogP contribution in [-0.2, 0) is 6.18 Å². The van der Waals surface area contributed by atoms with Gasteiger partial charge in [0.15, 0.2) is 0 Å². The molecule has 9 heteroatoms. The number of alkyl halides is 3. The van der Waals surface area contributed by atoms with Gasteiger partial charge in [0.1, 0.15) is 5.01 Å². The van der Waals surface area contributed by atoms with Gasteiger partial charge in [0.25, 0.3) is 0 Å². The lowest BCUT2D eigenvalue weighted by atomic mass is 10.1. The van der Waals surface area contributed by atoms with Crippen LogP contribution in [0.15, 0.2) is 36.5 Å². The molecule has 0 aliphatic rings. The van der Waals surface area contributed by atoms with Gasteiger partial charge in [-0.3, -0.25) is 0 Å². The molecule has 29 heavy (non-hydrogen) atoms. The fourth-order valence-corrected chi connectivity index (χ4v) is 3.82. The molecule has 2 aromatic heterocycles. The molecule has 0 aliphatic heterocycles. The van der Waals surface area contributed by atoms with E-state index in [1.54, 1.807) is 12.3 Å². The Balaban J connectivity index is 1.75. The fraction of sp³-hybridized carbons (Fsp3) is 0.350. The minimum absolute atomic E-state index is 0.541. The summed E-state index contributed by atoms with van der Waals surface area (Å²) in [6, 6.07) is 6.83. The SMILES string of the molecule is Cc1nc(-c2ccc(C(F)(F)F)cc2)sc1-c1ccnc(NCCCCCN)n1. The van der Waals surface area contributed by atoms with Crippen LogP contribution in [0.3, 0.4) is 0 Å². The largest absolute Gasteiger partial charge is 0.416 e. The van der Waals surface area contributed by atoms with Crippen LogP contribution in [-0.4, -0.2) is 28.0 Å². The quantitative estimate of drug-likeness (QED) is 0.493. The van der Waals surface area contributed by atoms with E-state index in [9.17, 15) is 13.2 Å². The van der Waals surface area contributed by atoms with Crippen LogP contribution >= 0.6 is 11.3 Å². The maximum Gasteiger partial charge on any atom is 0.416 e. The van der Waals surface area contributed by atoms with Crippen LogP contribution < -0.4 is 11.1 Å². The first kappa shape index (κ1) is 21.2. The van der Waals surface area contributed by atoms with E-state index in [4.69, 9.17) is 5.73 Å². The first-order chi connectivity index (χ1) is 13.9. The smallest absolute Gasteiger partial charge is 0.354 e. The van der Waals surface area contributed by atoms with Crippen molar-refractivity contribution in [3.8, 4) is 21.1 Å². The molecule has 0 radical (unpaired) electrons. The molecule has 0 saturated carbocycles. The number of anilines is 1. The number of rotatable bonds is 8. The number of aryl methyl sites for hydroxylation is 1. The molecule has 0 atom stereocenters. The number of hydrogen-bond donors (Lipinski definition) is 2. The third-order valence-electron chi connectivity index (χ3n) is 4.31. The molecule has 3 aromatic rings. The molecule has 0 saturated heterocycles.